The first-order valence-corrected chi connectivity index (χ1v) is 8.46. The van der Waals surface area contributed by atoms with E-state index in [1.54, 1.807) is 18.3 Å². The fourth-order valence-corrected chi connectivity index (χ4v) is 2.78. The fourth-order valence-electron chi connectivity index (χ4n) is 2.78. The highest BCUT2D eigenvalue weighted by molar-refractivity contribution is 5.69. The number of hydrogen-bond donors (Lipinski definition) is 3. The number of nitrogens with zero attached hydrogens (tertiary/aromatic N) is 3. The lowest BCUT2D eigenvalue weighted by molar-refractivity contribution is 1.16. The molecule has 0 spiro atoms. The summed E-state index contributed by atoms with van der Waals surface area (Å²) < 4.78 is 0. The van der Waals surface area contributed by atoms with Crippen molar-refractivity contribution >= 4 is 29.2 Å². The van der Waals surface area contributed by atoms with Gasteiger partial charge in [0.25, 0.3) is 0 Å². The van der Waals surface area contributed by atoms with Crippen molar-refractivity contribution in [2.45, 2.75) is 13.8 Å². The van der Waals surface area contributed by atoms with Crippen LogP contribution < -0.4 is 16.4 Å². The lowest BCUT2D eigenvalue weighted by Crippen LogP contribution is -2.02. The van der Waals surface area contributed by atoms with Gasteiger partial charge in [-0.2, -0.15) is 10.2 Å². The molecule has 0 radical (unpaired) electrons. The van der Waals surface area contributed by atoms with Crippen LogP contribution >= 0.6 is 0 Å². The second-order valence-corrected chi connectivity index (χ2v) is 6.09. The molecule has 0 saturated carbocycles. The predicted molar refractivity (Wildman–Crippen MR) is 109 cm³/mol. The van der Waals surface area contributed by atoms with E-state index >= 15 is 0 Å². The van der Waals surface area contributed by atoms with E-state index in [0.717, 1.165) is 28.1 Å². The summed E-state index contributed by atoms with van der Waals surface area (Å²) >= 11 is 0. The summed E-state index contributed by atoms with van der Waals surface area (Å²) in [6.45, 7) is 4.08. The first-order chi connectivity index (χ1) is 13.1. The Hall–Kier alpha value is -3.85. The van der Waals surface area contributed by atoms with Crippen LogP contribution in [0.5, 0.6) is 0 Å². The summed E-state index contributed by atoms with van der Waals surface area (Å²) in [5, 5.41) is 15.4. The normalized spacial score (nSPS) is 10.6. The first kappa shape index (κ1) is 18.0. The van der Waals surface area contributed by atoms with Gasteiger partial charge in [0, 0.05) is 17.6 Å². The molecule has 1 heterocycles. The molecule has 134 valence electrons. The second kappa shape index (κ2) is 8.02. The van der Waals surface area contributed by atoms with Gasteiger partial charge in [-0.25, -0.2) is 4.98 Å². The molecule has 0 unspecified atom stereocenters. The first-order valence-electron chi connectivity index (χ1n) is 8.46. The van der Waals surface area contributed by atoms with Crippen molar-refractivity contribution in [3.05, 3.63) is 77.1 Å². The second-order valence-electron chi connectivity index (χ2n) is 6.09. The molecule has 4 N–H and O–H groups in total. The van der Waals surface area contributed by atoms with Crippen molar-refractivity contribution in [1.29, 1.82) is 5.26 Å². The molecule has 6 nitrogen and oxygen atoms in total. The predicted octanol–water partition coefficient (Wildman–Crippen LogP) is 4.38. The highest BCUT2D eigenvalue weighted by Gasteiger charge is 2.07. The molecule has 0 fully saturated rings. The zero-order chi connectivity index (χ0) is 19.2. The number of nitriles is 1. The van der Waals surface area contributed by atoms with Gasteiger partial charge in [-0.05, 0) is 85.3 Å². The van der Waals surface area contributed by atoms with Crippen LogP contribution in [0.3, 0.4) is 0 Å². The van der Waals surface area contributed by atoms with Crippen molar-refractivity contribution < 1.29 is 0 Å². The number of nitrogens with two attached hydrogens (primary N) is 1. The molecule has 1 aromatic heterocycles. The van der Waals surface area contributed by atoms with Crippen molar-refractivity contribution in [3.8, 4) is 6.07 Å². The number of aromatic nitrogens is 2. The molecule has 3 rings (SSSR count). The standard InChI is InChI=1S/C21H20N6/c1-14-11-17(7-9-22)12-15(2)20(14)26-19-8-10-24-21(27-19)25-18-5-3-16(13-23)4-6-18/h3-12H,22H2,1-2H3,(H2,24,25,26,27)/b9-7+. The van der Waals surface area contributed by atoms with Crippen LogP contribution in [0.4, 0.5) is 23.1 Å². The molecule has 0 bridgehead atoms. The number of benzene rings is 2. The average molecular weight is 356 g/mol. The van der Waals surface area contributed by atoms with Gasteiger partial charge in [-0.1, -0.05) is 0 Å². The lowest BCUT2D eigenvalue weighted by atomic mass is 10.0. The van der Waals surface area contributed by atoms with Crippen LogP contribution in [0.1, 0.15) is 22.3 Å². The zero-order valence-electron chi connectivity index (χ0n) is 15.2. The van der Waals surface area contributed by atoms with Gasteiger partial charge in [-0.15, -0.1) is 0 Å². The molecule has 0 aliphatic rings. The maximum atomic E-state index is 8.87. The maximum absolute atomic E-state index is 8.87. The zero-order valence-corrected chi connectivity index (χ0v) is 15.2. The Kier molecular flexibility index (Phi) is 5.33. The molecule has 0 amide bonds. The lowest BCUT2D eigenvalue weighted by Gasteiger charge is -2.14. The van der Waals surface area contributed by atoms with E-state index in [1.165, 1.54) is 6.20 Å². The van der Waals surface area contributed by atoms with Gasteiger partial charge in [0.2, 0.25) is 5.95 Å². The quantitative estimate of drug-likeness (QED) is 0.627. The molecule has 0 aliphatic carbocycles. The molecule has 0 aliphatic heterocycles. The molecular weight excluding hydrogens is 336 g/mol. The van der Waals surface area contributed by atoms with Crippen LogP contribution in [0.15, 0.2) is 54.9 Å². The van der Waals surface area contributed by atoms with Gasteiger partial charge in [0.15, 0.2) is 0 Å². The van der Waals surface area contributed by atoms with E-state index in [4.69, 9.17) is 11.0 Å². The highest BCUT2D eigenvalue weighted by atomic mass is 15.1. The third kappa shape index (κ3) is 4.41. The fraction of sp³-hybridized carbons (Fsp3) is 0.0952. The van der Waals surface area contributed by atoms with Crippen LogP contribution in [0.2, 0.25) is 0 Å². The van der Waals surface area contributed by atoms with Crippen molar-refractivity contribution in [1.82, 2.24) is 9.97 Å². The Morgan fingerprint density at radius 2 is 1.74 bits per heavy atom. The Bertz CT molecular complexity index is 993. The number of aryl methyl sites for hydroxylation is 2. The number of anilines is 4. The van der Waals surface area contributed by atoms with E-state index in [-0.39, 0.29) is 0 Å². The van der Waals surface area contributed by atoms with E-state index in [9.17, 15) is 0 Å². The molecular formula is C21H20N6. The van der Waals surface area contributed by atoms with Gasteiger partial charge in [0.05, 0.1) is 11.6 Å². The summed E-state index contributed by atoms with van der Waals surface area (Å²) in [6, 6.07) is 15.2. The SMILES string of the molecule is Cc1cc(/C=C/N)cc(C)c1Nc1ccnc(Nc2ccc(C#N)cc2)n1. The minimum atomic E-state index is 0.475. The van der Waals surface area contributed by atoms with Gasteiger partial charge >= 0.3 is 0 Å². The summed E-state index contributed by atoms with van der Waals surface area (Å²) in [5.74, 6) is 1.16. The van der Waals surface area contributed by atoms with E-state index in [2.05, 4.69) is 38.8 Å². The molecule has 2 aromatic carbocycles. The number of hydrogen-bond acceptors (Lipinski definition) is 6. The Balaban J connectivity index is 1.81. The van der Waals surface area contributed by atoms with E-state index < -0.39 is 0 Å². The minimum Gasteiger partial charge on any atom is -0.405 e. The van der Waals surface area contributed by atoms with Crippen LogP contribution in [-0.2, 0) is 0 Å². The average Bonchev–Trinajstić information content (AvgIpc) is 2.66. The van der Waals surface area contributed by atoms with Crippen LogP contribution in [0.25, 0.3) is 6.08 Å². The molecule has 6 heteroatoms. The van der Waals surface area contributed by atoms with E-state index in [0.29, 0.717) is 17.3 Å². The maximum Gasteiger partial charge on any atom is 0.229 e. The molecule has 3 aromatic rings. The third-order valence-corrected chi connectivity index (χ3v) is 4.02. The largest absolute Gasteiger partial charge is 0.405 e. The van der Waals surface area contributed by atoms with Crippen molar-refractivity contribution in [2.75, 3.05) is 10.6 Å². The van der Waals surface area contributed by atoms with Crippen molar-refractivity contribution in [2.24, 2.45) is 5.73 Å². The molecule has 0 saturated heterocycles. The molecule has 0 atom stereocenters. The Morgan fingerprint density at radius 3 is 2.37 bits per heavy atom. The topological polar surface area (TPSA) is 99.6 Å². The van der Waals surface area contributed by atoms with Gasteiger partial charge in [-0.3, -0.25) is 0 Å². The highest BCUT2D eigenvalue weighted by Crippen LogP contribution is 2.26. The summed E-state index contributed by atoms with van der Waals surface area (Å²) in [6.07, 6.45) is 5.10. The summed E-state index contributed by atoms with van der Waals surface area (Å²) in [4.78, 5) is 8.77. The van der Waals surface area contributed by atoms with Gasteiger partial charge in [0.1, 0.15) is 5.82 Å². The minimum absolute atomic E-state index is 0.475. The Morgan fingerprint density at radius 1 is 1.04 bits per heavy atom. The van der Waals surface area contributed by atoms with Crippen LogP contribution in [-0.4, -0.2) is 9.97 Å². The summed E-state index contributed by atoms with van der Waals surface area (Å²) in [5.41, 5.74) is 11.2. The monoisotopic (exact) mass is 356 g/mol. The number of rotatable bonds is 5. The smallest absolute Gasteiger partial charge is 0.229 e. The van der Waals surface area contributed by atoms with Crippen molar-refractivity contribution in [3.63, 3.8) is 0 Å². The number of nitrogens with one attached hydrogen (secondary N) is 2. The molecule has 27 heavy (non-hydrogen) atoms. The summed E-state index contributed by atoms with van der Waals surface area (Å²) in [7, 11) is 0. The third-order valence-electron chi connectivity index (χ3n) is 4.02. The Labute approximate surface area is 158 Å². The van der Waals surface area contributed by atoms with Gasteiger partial charge < -0.3 is 16.4 Å². The van der Waals surface area contributed by atoms with E-state index in [1.807, 2.05) is 38.1 Å². The van der Waals surface area contributed by atoms with Crippen LogP contribution in [0, 0.1) is 25.2 Å².